The number of benzene rings is 2. The number of non-ortho nitro benzene ring substituents is 1. The molecule has 0 spiro atoms. The zero-order valence-electron chi connectivity index (χ0n) is 17.6. The van der Waals surface area contributed by atoms with Crippen LogP contribution in [0.3, 0.4) is 0 Å². The number of hydrogen-bond acceptors (Lipinski definition) is 7. The Balaban J connectivity index is 1.86. The second-order valence-corrected chi connectivity index (χ2v) is 8.17. The lowest BCUT2D eigenvalue weighted by atomic mass is 10.2. The van der Waals surface area contributed by atoms with Gasteiger partial charge >= 0.3 is 0 Å². The fourth-order valence-corrected chi connectivity index (χ4v) is 3.96. The maximum absolute atomic E-state index is 13.0. The summed E-state index contributed by atoms with van der Waals surface area (Å²) < 4.78 is 6.23. The van der Waals surface area contributed by atoms with E-state index in [4.69, 9.17) is 4.74 Å². The number of methoxy groups -OCH3 is 1. The molecule has 162 valence electrons. The Morgan fingerprint density at radius 3 is 2.74 bits per heavy atom. The first-order chi connectivity index (χ1) is 14.9. The zero-order valence-corrected chi connectivity index (χ0v) is 18.5. The van der Waals surface area contributed by atoms with Gasteiger partial charge in [0.05, 0.1) is 22.2 Å². The molecule has 1 amide bonds. The molecule has 0 aliphatic rings. The Bertz CT molecular complexity index is 1110. The predicted molar refractivity (Wildman–Crippen MR) is 124 cm³/mol. The van der Waals surface area contributed by atoms with Crippen molar-refractivity contribution in [3.63, 3.8) is 0 Å². The average Bonchev–Trinajstić information content (AvgIpc) is 3.17. The molecule has 0 aliphatic heterocycles. The summed E-state index contributed by atoms with van der Waals surface area (Å²) in [6.45, 7) is 1.34. The van der Waals surface area contributed by atoms with Crippen LogP contribution in [-0.4, -0.2) is 55.0 Å². The van der Waals surface area contributed by atoms with Crippen LogP contribution in [0.5, 0.6) is 5.75 Å². The van der Waals surface area contributed by atoms with Crippen LogP contribution in [0.1, 0.15) is 12.0 Å². The summed E-state index contributed by atoms with van der Waals surface area (Å²) in [5.41, 5.74) is 1.34. The fourth-order valence-electron chi connectivity index (χ4n) is 2.98. The molecule has 3 aromatic rings. The molecule has 0 aliphatic carbocycles. The van der Waals surface area contributed by atoms with Crippen molar-refractivity contribution in [1.29, 1.82) is 0 Å². The Morgan fingerprint density at radius 2 is 2.03 bits per heavy atom. The number of nitrogens with zero attached hydrogens (tertiary/aromatic N) is 4. The number of thiazole rings is 1. The van der Waals surface area contributed by atoms with Crippen molar-refractivity contribution in [2.45, 2.75) is 6.42 Å². The molecule has 0 radical (unpaired) electrons. The van der Waals surface area contributed by atoms with E-state index in [1.54, 1.807) is 30.2 Å². The average molecular weight is 441 g/mol. The van der Waals surface area contributed by atoms with E-state index >= 15 is 0 Å². The van der Waals surface area contributed by atoms with Crippen LogP contribution in [0.25, 0.3) is 16.3 Å². The third-order valence-electron chi connectivity index (χ3n) is 4.57. The van der Waals surface area contributed by atoms with Crippen LogP contribution < -0.4 is 9.64 Å². The molecular weight excluding hydrogens is 416 g/mol. The monoisotopic (exact) mass is 440 g/mol. The third kappa shape index (κ3) is 5.87. The Morgan fingerprint density at radius 1 is 1.23 bits per heavy atom. The molecule has 0 saturated carbocycles. The van der Waals surface area contributed by atoms with E-state index in [2.05, 4.69) is 9.88 Å². The van der Waals surface area contributed by atoms with Gasteiger partial charge in [-0.3, -0.25) is 19.8 Å². The maximum atomic E-state index is 13.0. The number of rotatable bonds is 9. The molecule has 1 heterocycles. The van der Waals surface area contributed by atoms with Crippen LogP contribution in [0.15, 0.2) is 48.5 Å². The lowest BCUT2D eigenvalue weighted by Gasteiger charge is -2.19. The predicted octanol–water partition coefficient (Wildman–Crippen LogP) is 4.21. The van der Waals surface area contributed by atoms with Crippen LogP contribution in [-0.2, 0) is 4.79 Å². The summed E-state index contributed by atoms with van der Waals surface area (Å²) in [6, 6.07) is 11.8. The van der Waals surface area contributed by atoms with Gasteiger partial charge < -0.3 is 9.64 Å². The Kier molecular flexibility index (Phi) is 7.32. The van der Waals surface area contributed by atoms with Gasteiger partial charge in [-0.25, -0.2) is 4.98 Å². The number of anilines is 1. The van der Waals surface area contributed by atoms with Crippen LogP contribution in [0, 0.1) is 10.1 Å². The van der Waals surface area contributed by atoms with E-state index in [0.29, 0.717) is 23.0 Å². The minimum absolute atomic E-state index is 0.0161. The van der Waals surface area contributed by atoms with E-state index in [-0.39, 0.29) is 11.6 Å². The minimum atomic E-state index is -0.456. The molecule has 1 aromatic heterocycles. The maximum Gasteiger partial charge on any atom is 0.270 e. The molecule has 0 unspecified atom stereocenters. The van der Waals surface area contributed by atoms with Crippen molar-refractivity contribution < 1.29 is 14.5 Å². The van der Waals surface area contributed by atoms with Gasteiger partial charge in [0.1, 0.15) is 5.75 Å². The molecular formula is C22H24N4O4S. The number of ether oxygens (including phenoxy) is 1. The summed E-state index contributed by atoms with van der Waals surface area (Å²) in [5, 5.41) is 11.6. The second-order valence-electron chi connectivity index (χ2n) is 7.16. The van der Waals surface area contributed by atoms with Gasteiger partial charge in [-0.05, 0) is 50.8 Å². The van der Waals surface area contributed by atoms with Crippen LogP contribution in [0.2, 0.25) is 0 Å². The standard InChI is InChI=1S/C22H24N4O4S/c1-24(2)12-5-13-25(22-23-19-15-18(30-3)9-10-20(19)31-22)21(27)11-8-16-6-4-7-17(14-16)26(28)29/h4,6-11,14-15H,5,12-13H2,1-3H3. The third-order valence-corrected chi connectivity index (χ3v) is 5.63. The molecule has 8 nitrogen and oxygen atoms in total. The van der Waals surface area contributed by atoms with E-state index < -0.39 is 4.92 Å². The lowest BCUT2D eigenvalue weighted by molar-refractivity contribution is -0.384. The number of aromatic nitrogens is 1. The van der Waals surface area contributed by atoms with E-state index in [0.717, 1.165) is 23.2 Å². The highest BCUT2D eigenvalue weighted by Crippen LogP contribution is 2.31. The van der Waals surface area contributed by atoms with Crippen molar-refractivity contribution in [3.05, 3.63) is 64.2 Å². The van der Waals surface area contributed by atoms with Gasteiger partial charge in [0.25, 0.3) is 11.6 Å². The van der Waals surface area contributed by atoms with Crippen molar-refractivity contribution in [2.24, 2.45) is 0 Å². The SMILES string of the molecule is COc1ccc2sc(N(CCCN(C)C)C(=O)C=Cc3cccc([N+](=O)[O-])c3)nc2c1. The van der Waals surface area contributed by atoms with E-state index in [1.807, 2.05) is 32.3 Å². The van der Waals surface area contributed by atoms with Crippen molar-refractivity contribution in [3.8, 4) is 5.75 Å². The molecule has 3 rings (SSSR count). The topological polar surface area (TPSA) is 88.8 Å². The largest absolute Gasteiger partial charge is 0.497 e. The quantitative estimate of drug-likeness (QED) is 0.281. The molecule has 0 fully saturated rings. The smallest absolute Gasteiger partial charge is 0.270 e. The van der Waals surface area contributed by atoms with Gasteiger partial charge in [0.15, 0.2) is 5.13 Å². The second kappa shape index (κ2) is 10.1. The number of amides is 1. The van der Waals surface area contributed by atoms with E-state index in [1.165, 1.54) is 29.5 Å². The van der Waals surface area contributed by atoms with Crippen LogP contribution >= 0.6 is 11.3 Å². The van der Waals surface area contributed by atoms with Crippen molar-refractivity contribution in [1.82, 2.24) is 9.88 Å². The van der Waals surface area contributed by atoms with Crippen LogP contribution in [0.4, 0.5) is 10.8 Å². The summed E-state index contributed by atoms with van der Waals surface area (Å²) in [5.74, 6) is 0.483. The summed E-state index contributed by atoms with van der Waals surface area (Å²) in [4.78, 5) is 31.9. The minimum Gasteiger partial charge on any atom is -0.497 e. The molecule has 31 heavy (non-hydrogen) atoms. The highest BCUT2D eigenvalue weighted by Gasteiger charge is 2.18. The number of carbonyl (C=O) groups is 1. The number of nitro groups is 1. The first-order valence-electron chi connectivity index (χ1n) is 9.70. The summed E-state index contributed by atoms with van der Waals surface area (Å²) in [6.07, 6.45) is 3.80. The van der Waals surface area contributed by atoms with Crippen molar-refractivity contribution >= 4 is 44.4 Å². The van der Waals surface area contributed by atoms with Gasteiger partial charge in [-0.1, -0.05) is 23.5 Å². The molecule has 0 N–H and O–H groups in total. The van der Waals surface area contributed by atoms with Gasteiger partial charge in [0.2, 0.25) is 0 Å². The number of carbonyl (C=O) groups excluding carboxylic acids is 1. The van der Waals surface area contributed by atoms with E-state index in [9.17, 15) is 14.9 Å². The lowest BCUT2D eigenvalue weighted by Crippen LogP contribution is -2.32. The molecule has 0 bridgehead atoms. The molecule has 2 aromatic carbocycles. The first-order valence-corrected chi connectivity index (χ1v) is 10.5. The fraction of sp³-hybridized carbons (Fsp3) is 0.273. The van der Waals surface area contributed by atoms with Gasteiger partial charge in [-0.2, -0.15) is 0 Å². The summed E-state index contributed by atoms with van der Waals surface area (Å²) >= 11 is 1.44. The number of hydrogen-bond donors (Lipinski definition) is 0. The normalized spacial score (nSPS) is 11.4. The highest BCUT2D eigenvalue weighted by molar-refractivity contribution is 7.22. The summed E-state index contributed by atoms with van der Waals surface area (Å²) in [7, 11) is 5.57. The highest BCUT2D eigenvalue weighted by atomic mass is 32.1. The molecule has 9 heteroatoms. The number of fused-ring (bicyclic) bond motifs is 1. The van der Waals surface area contributed by atoms with Gasteiger partial charge in [0, 0.05) is 30.8 Å². The first kappa shape index (κ1) is 22.4. The molecule has 0 saturated heterocycles. The van der Waals surface area contributed by atoms with Crippen molar-refractivity contribution in [2.75, 3.05) is 39.2 Å². The Labute approximate surface area is 184 Å². The number of nitro benzene ring substituents is 1. The van der Waals surface area contributed by atoms with Gasteiger partial charge in [-0.15, -0.1) is 0 Å². The Hall–Kier alpha value is -3.30. The zero-order chi connectivity index (χ0) is 22.4. The molecule has 0 atom stereocenters.